The molecule has 8 heteroatoms. The van der Waals surface area contributed by atoms with E-state index >= 15 is 0 Å². The van der Waals surface area contributed by atoms with Crippen molar-refractivity contribution in [1.82, 2.24) is 19.7 Å². The van der Waals surface area contributed by atoms with Gasteiger partial charge in [0.25, 0.3) is 5.91 Å². The van der Waals surface area contributed by atoms with Gasteiger partial charge in [0.1, 0.15) is 5.82 Å². The Morgan fingerprint density at radius 3 is 2.69 bits per heavy atom. The summed E-state index contributed by atoms with van der Waals surface area (Å²) in [5, 5.41) is 13.9. The number of likely N-dealkylation sites (tertiary alicyclic amines) is 1. The molecule has 0 saturated carbocycles. The lowest BCUT2D eigenvalue weighted by atomic mass is 9.98. The first-order chi connectivity index (χ1) is 12.5. The summed E-state index contributed by atoms with van der Waals surface area (Å²) in [6.07, 6.45) is 3.24. The molecule has 1 saturated heterocycles. The van der Waals surface area contributed by atoms with Gasteiger partial charge in [0.15, 0.2) is 0 Å². The second-order valence-electron chi connectivity index (χ2n) is 6.45. The molecule has 2 aromatic rings. The van der Waals surface area contributed by atoms with E-state index in [9.17, 15) is 9.59 Å². The molecule has 7 nitrogen and oxygen atoms in total. The summed E-state index contributed by atoms with van der Waals surface area (Å²) in [5.74, 6) is -0.339. The van der Waals surface area contributed by atoms with Crippen LogP contribution >= 0.6 is 11.6 Å². The average Bonchev–Trinajstić information content (AvgIpc) is 3.02. The first-order valence-electron chi connectivity index (χ1n) is 8.68. The van der Waals surface area contributed by atoms with Gasteiger partial charge in [-0.2, -0.15) is 0 Å². The van der Waals surface area contributed by atoms with Crippen LogP contribution in [0.2, 0.25) is 5.02 Å². The first kappa shape index (κ1) is 18.4. The molecule has 2 heterocycles. The van der Waals surface area contributed by atoms with Gasteiger partial charge >= 0.3 is 5.97 Å². The zero-order chi connectivity index (χ0) is 18.7. The van der Waals surface area contributed by atoms with Crippen molar-refractivity contribution in [2.75, 3.05) is 6.54 Å². The fourth-order valence-corrected chi connectivity index (χ4v) is 3.42. The van der Waals surface area contributed by atoms with Crippen LogP contribution in [0.25, 0.3) is 5.69 Å². The van der Waals surface area contributed by atoms with Gasteiger partial charge in [0.05, 0.1) is 5.69 Å². The molecule has 1 aromatic heterocycles. The maximum atomic E-state index is 12.9. The third-order valence-electron chi connectivity index (χ3n) is 4.61. The lowest BCUT2D eigenvalue weighted by Gasteiger charge is -2.34. The lowest BCUT2D eigenvalue weighted by molar-refractivity contribution is -0.137. The number of halogens is 1. The number of hydrogen-bond donors (Lipinski definition) is 1. The van der Waals surface area contributed by atoms with E-state index in [1.54, 1.807) is 28.6 Å². The number of amides is 1. The van der Waals surface area contributed by atoms with E-state index < -0.39 is 5.97 Å². The predicted molar refractivity (Wildman–Crippen MR) is 96.7 cm³/mol. The van der Waals surface area contributed by atoms with Crippen molar-refractivity contribution >= 4 is 23.5 Å². The van der Waals surface area contributed by atoms with Gasteiger partial charge in [0, 0.05) is 24.0 Å². The van der Waals surface area contributed by atoms with Crippen LogP contribution in [-0.4, -0.2) is 49.2 Å². The van der Waals surface area contributed by atoms with Gasteiger partial charge in [-0.25, -0.2) is 9.67 Å². The number of aliphatic carboxylic acids is 1. The van der Waals surface area contributed by atoms with Crippen molar-refractivity contribution in [3.8, 4) is 5.69 Å². The number of rotatable bonds is 5. The third-order valence-corrected chi connectivity index (χ3v) is 4.86. The highest BCUT2D eigenvalue weighted by Crippen LogP contribution is 2.23. The average molecular weight is 377 g/mol. The molecule has 1 N–H and O–H groups in total. The molecule has 26 heavy (non-hydrogen) atoms. The number of aryl methyl sites for hydroxylation is 1. The molecule has 1 aromatic carbocycles. The van der Waals surface area contributed by atoms with Gasteiger partial charge in [-0.3, -0.25) is 9.59 Å². The Labute approximate surface area is 156 Å². The highest BCUT2D eigenvalue weighted by molar-refractivity contribution is 6.30. The van der Waals surface area contributed by atoms with Crippen LogP contribution in [0.15, 0.2) is 24.3 Å². The zero-order valence-electron chi connectivity index (χ0n) is 14.6. The standard InChI is InChI=1S/C18H21ClN4O3/c1-12-20-17(21-23(12)15-7-5-13(19)6-8-15)18(26)22-11-3-2-4-14(22)9-10-16(24)25/h5-8,14H,2-4,9-11H2,1H3,(H,24,25)/t14-/m1/s1. The summed E-state index contributed by atoms with van der Waals surface area (Å²) < 4.78 is 1.61. The summed E-state index contributed by atoms with van der Waals surface area (Å²) in [5.41, 5.74) is 0.777. The van der Waals surface area contributed by atoms with Crippen LogP contribution in [0.4, 0.5) is 0 Å². The van der Waals surface area contributed by atoms with Crippen molar-refractivity contribution < 1.29 is 14.7 Å². The number of carboxylic acids is 1. The second kappa shape index (κ2) is 7.86. The fraction of sp³-hybridized carbons (Fsp3) is 0.444. The Balaban J connectivity index is 1.81. The van der Waals surface area contributed by atoms with Crippen LogP contribution in [0, 0.1) is 6.92 Å². The van der Waals surface area contributed by atoms with Crippen molar-refractivity contribution in [2.24, 2.45) is 0 Å². The van der Waals surface area contributed by atoms with E-state index in [1.165, 1.54) is 0 Å². The summed E-state index contributed by atoms with van der Waals surface area (Å²) in [6.45, 7) is 2.40. The van der Waals surface area contributed by atoms with Gasteiger partial charge < -0.3 is 10.0 Å². The molecule has 0 bridgehead atoms. The summed E-state index contributed by atoms with van der Waals surface area (Å²) in [7, 11) is 0. The van der Waals surface area contributed by atoms with Gasteiger partial charge in [-0.1, -0.05) is 11.6 Å². The predicted octanol–water partition coefficient (Wildman–Crippen LogP) is 3.09. The van der Waals surface area contributed by atoms with Crippen molar-refractivity contribution in [2.45, 2.75) is 45.1 Å². The molecule has 3 rings (SSSR count). The first-order valence-corrected chi connectivity index (χ1v) is 9.06. The molecular formula is C18H21ClN4O3. The largest absolute Gasteiger partial charge is 0.481 e. The SMILES string of the molecule is Cc1nc(C(=O)N2CCCC[C@@H]2CCC(=O)O)nn1-c1ccc(Cl)cc1. The van der Waals surface area contributed by atoms with Crippen LogP contribution < -0.4 is 0 Å². The highest BCUT2D eigenvalue weighted by atomic mass is 35.5. The number of carboxylic acid groups (broad SMARTS) is 1. The van der Waals surface area contributed by atoms with Crippen molar-refractivity contribution in [3.63, 3.8) is 0 Å². The highest BCUT2D eigenvalue weighted by Gasteiger charge is 2.30. The minimum absolute atomic E-state index is 0.0557. The Hall–Kier alpha value is -2.41. The fourth-order valence-electron chi connectivity index (χ4n) is 3.29. The zero-order valence-corrected chi connectivity index (χ0v) is 15.3. The van der Waals surface area contributed by atoms with E-state index in [0.29, 0.717) is 23.8 Å². The van der Waals surface area contributed by atoms with E-state index in [2.05, 4.69) is 10.1 Å². The normalized spacial score (nSPS) is 17.3. The molecule has 0 radical (unpaired) electrons. The summed E-state index contributed by atoms with van der Waals surface area (Å²) >= 11 is 5.92. The number of carbonyl (C=O) groups excluding carboxylic acids is 1. The Kier molecular flexibility index (Phi) is 5.56. The number of piperidine rings is 1. The quantitative estimate of drug-likeness (QED) is 0.866. The molecule has 1 atom stereocenters. The maximum absolute atomic E-state index is 12.9. The molecule has 1 aliphatic rings. The minimum Gasteiger partial charge on any atom is -0.481 e. The van der Waals surface area contributed by atoms with Crippen molar-refractivity contribution in [3.05, 3.63) is 40.9 Å². The maximum Gasteiger partial charge on any atom is 0.303 e. The van der Waals surface area contributed by atoms with Gasteiger partial charge in [0.2, 0.25) is 5.82 Å². The number of benzene rings is 1. The molecule has 1 aliphatic heterocycles. The van der Waals surface area contributed by atoms with Gasteiger partial charge in [-0.15, -0.1) is 5.10 Å². The summed E-state index contributed by atoms with van der Waals surface area (Å²) in [4.78, 5) is 29.9. The Morgan fingerprint density at radius 2 is 2.00 bits per heavy atom. The number of nitrogens with zero attached hydrogens (tertiary/aromatic N) is 4. The van der Waals surface area contributed by atoms with Crippen LogP contribution in [0.1, 0.15) is 48.5 Å². The summed E-state index contributed by atoms with van der Waals surface area (Å²) in [6, 6.07) is 7.07. The smallest absolute Gasteiger partial charge is 0.303 e. The van der Waals surface area contributed by atoms with E-state index in [0.717, 1.165) is 24.9 Å². The molecule has 138 valence electrons. The van der Waals surface area contributed by atoms with E-state index in [-0.39, 0.29) is 24.2 Å². The Morgan fingerprint density at radius 1 is 1.27 bits per heavy atom. The van der Waals surface area contributed by atoms with E-state index in [4.69, 9.17) is 16.7 Å². The lowest BCUT2D eigenvalue weighted by Crippen LogP contribution is -2.44. The molecular weight excluding hydrogens is 356 g/mol. The second-order valence-corrected chi connectivity index (χ2v) is 6.89. The van der Waals surface area contributed by atoms with Crippen molar-refractivity contribution in [1.29, 1.82) is 0 Å². The molecule has 1 amide bonds. The number of aromatic nitrogens is 3. The van der Waals surface area contributed by atoms with E-state index in [1.807, 2.05) is 12.1 Å². The van der Waals surface area contributed by atoms with Crippen LogP contribution in [-0.2, 0) is 4.79 Å². The molecule has 0 spiro atoms. The third kappa shape index (κ3) is 4.04. The number of hydrogen-bond acceptors (Lipinski definition) is 4. The van der Waals surface area contributed by atoms with Crippen LogP contribution in [0.5, 0.6) is 0 Å². The molecule has 1 fully saturated rings. The molecule has 0 aliphatic carbocycles. The monoisotopic (exact) mass is 376 g/mol. The Bertz CT molecular complexity index is 803. The molecule has 0 unspecified atom stereocenters. The minimum atomic E-state index is -0.844. The number of carbonyl (C=O) groups is 2. The van der Waals surface area contributed by atoms with Crippen LogP contribution in [0.3, 0.4) is 0 Å². The topological polar surface area (TPSA) is 88.3 Å². The van der Waals surface area contributed by atoms with Gasteiger partial charge in [-0.05, 0) is 56.9 Å².